The van der Waals surface area contributed by atoms with Crippen LogP contribution < -0.4 is 0 Å². The van der Waals surface area contributed by atoms with E-state index < -0.39 is 0 Å². The van der Waals surface area contributed by atoms with Gasteiger partial charge in [-0.15, -0.1) is 0 Å². The molecule has 16 heavy (non-hydrogen) atoms. The van der Waals surface area contributed by atoms with Gasteiger partial charge in [-0.05, 0) is 24.3 Å². The molecule has 2 N–H and O–H groups in total. The normalized spacial score (nSPS) is 12.0. The second-order valence-corrected chi connectivity index (χ2v) is 3.13. The Labute approximate surface area is 92.6 Å². The number of pyridine rings is 2. The molecule has 2 heterocycles. The van der Waals surface area contributed by atoms with Gasteiger partial charge in [0.15, 0.2) is 11.5 Å². The van der Waals surface area contributed by atoms with Crippen molar-refractivity contribution in [3.05, 3.63) is 60.2 Å². The van der Waals surface area contributed by atoms with Gasteiger partial charge in [0.25, 0.3) is 0 Å². The van der Waals surface area contributed by atoms with Crippen LogP contribution in [-0.4, -0.2) is 20.2 Å². The van der Waals surface area contributed by atoms with Crippen LogP contribution in [0.4, 0.5) is 0 Å². The van der Waals surface area contributed by atoms with E-state index in [0.717, 1.165) is 0 Å². The summed E-state index contributed by atoms with van der Waals surface area (Å²) in [5.41, 5.74) is 0.622. The number of nitrogens with zero attached hydrogens (tertiary/aromatic N) is 2. The van der Waals surface area contributed by atoms with Crippen molar-refractivity contribution in [2.24, 2.45) is 0 Å². The Kier molecular flexibility index (Phi) is 2.82. The Morgan fingerprint density at radius 3 is 1.50 bits per heavy atom. The number of aliphatic hydroxyl groups excluding tert-OH is 2. The predicted molar refractivity (Wildman–Crippen MR) is 60.5 cm³/mol. The maximum Gasteiger partial charge on any atom is 0.186 e. The van der Waals surface area contributed by atoms with Crippen LogP contribution in [0.15, 0.2) is 48.8 Å². The summed E-state index contributed by atoms with van der Waals surface area (Å²) in [6.07, 6.45) is 3.08. The molecular weight excluding hydrogens is 204 g/mol. The maximum atomic E-state index is 9.77. The maximum absolute atomic E-state index is 9.77. The molecular formula is C12H10N2O2. The first-order valence-corrected chi connectivity index (χ1v) is 4.74. The first-order chi connectivity index (χ1) is 7.79. The summed E-state index contributed by atoms with van der Waals surface area (Å²) in [6, 6.07) is 10.1. The van der Waals surface area contributed by atoms with E-state index in [1.54, 1.807) is 36.4 Å². The van der Waals surface area contributed by atoms with Gasteiger partial charge in [-0.3, -0.25) is 9.97 Å². The molecule has 0 unspecified atom stereocenters. The topological polar surface area (TPSA) is 66.2 Å². The van der Waals surface area contributed by atoms with Crippen LogP contribution >= 0.6 is 0 Å². The van der Waals surface area contributed by atoms with Crippen LogP contribution in [0.2, 0.25) is 0 Å². The Balaban J connectivity index is 2.43. The highest BCUT2D eigenvalue weighted by Gasteiger charge is 2.10. The van der Waals surface area contributed by atoms with Crippen molar-refractivity contribution in [3.63, 3.8) is 0 Å². The zero-order valence-corrected chi connectivity index (χ0v) is 8.41. The molecule has 0 aromatic carbocycles. The highest BCUT2D eigenvalue weighted by molar-refractivity contribution is 5.79. The van der Waals surface area contributed by atoms with Crippen molar-refractivity contribution < 1.29 is 10.2 Å². The van der Waals surface area contributed by atoms with Gasteiger partial charge >= 0.3 is 0 Å². The largest absolute Gasteiger partial charge is 0.503 e. The lowest BCUT2D eigenvalue weighted by molar-refractivity contribution is 0.456. The summed E-state index contributed by atoms with van der Waals surface area (Å²) in [4.78, 5) is 7.86. The van der Waals surface area contributed by atoms with Crippen LogP contribution in [0.1, 0.15) is 11.4 Å². The molecule has 0 saturated carbocycles. The van der Waals surface area contributed by atoms with E-state index >= 15 is 0 Å². The van der Waals surface area contributed by atoms with Crippen LogP contribution in [0, 0.1) is 0 Å². The summed E-state index contributed by atoms with van der Waals surface area (Å²) >= 11 is 0. The standard InChI is InChI=1S/C12H10N2O2/c15-11(9-5-1-3-7-13-9)12(16)10-6-2-4-8-14-10/h1-8,15-16H/b12-11-. The van der Waals surface area contributed by atoms with Crippen molar-refractivity contribution in [2.75, 3.05) is 0 Å². The van der Waals surface area contributed by atoms with Crippen molar-refractivity contribution in [1.82, 2.24) is 9.97 Å². The lowest BCUT2D eigenvalue weighted by Crippen LogP contribution is -1.95. The quantitative estimate of drug-likeness (QED) is 0.753. The molecule has 2 rings (SSSR count). The molecule has 80 valence electrons. The van der Waals surface area contributed by atoms with Crippen molar-refractivity contribution in [1.29, 1.82) is 0 Å². The minimum atomic E-state index is -0.278. The second kappa shape index (κ2) is 4.44. The zero-order chi connectivity index (χ0) is 11.4. The molecule has 0 atom stereocenters. The molecule has 0 saturated heterocycles. The van der Waals surface area contributed by atoms with E-state index in [2.05, 4.69) is 9.97 Å². The minimum Gasteiger partial charge on any atom is -0.503 e. The van der Waals surface area contributed by atoms with Crippen LogP contribution in [0.3, 0.4) is 0 Å². The van der Waals surface area contributed by atoms with Gasteiger partial charge in [0.2, 0.25) is 0 Å². The third-order valence-electron chi connectivity index (χ3n) is 2.04. The highest BCUT2D eigenvalue weighted by atomic mass is 16.3. The van der Waals surface area contributed by atoms with Gasteiger partial charge in [0.05, 0.1) is 0 Å². The Hall–Kier alpha value is -2.36. The molecule has 0 radical (unpaired) electrons. The lowest BCUT2D eigenvalue weighted by Gasteiger charge is -2.03. The molecule has 0 bridgehead atoms. The third-order valence-corrected chi connectivity index (χ3v) is 2.04. The van der Waals surface area contributed by atoms with Gasteiger partial charge in [-0.2, -0.15) is 0 Å². The fraction of sp³-hybridized carbons (Fsp3) is 0. The first kappa shape index (κ1) is 10.2. The summed E-state index contributed by atoms with van der Waals surface area (Å²) in [7, 11) is 0. The van der Waals surface area contributed by atoms with Gasteiger partial charge in [0.1, 0.15) is 11.4 Å². The fourth-order valence-electron chi connectivity index (χ4n) is 1.25. The lowest BCUT2D eigenvalue weighted by atomic mass is 10.2. The molecule has 0 aliphatic heterocycles. The molecule has 0 amide bonds. The molecule has 2 aromatic rings. The van der Waals surface area contributed by atoms with E-state index in [-0.39, 0.29) is 11.5 Å². The summed E-state index contributed by atoms with van der Waals surface area (Å²) in [5, 5.41) is 19.5. The Bertz CT molecular complexity index is 447. The summed E-state index contributed by atoms with van der Waals surface area (Å²) in [5.74, 6) is -0.557. The fourth-order valence-corrected chi connectivity index (χ4v) is 1.25. The third kappa shape index (κ3) is 2.00. The molecule has 4 heteroatoms. The molecule has 0 fully saturated rings. The number of rotatable bonds is 2. The Morgan fingerprint density at radius 1 is 0.750 bits per heavy atom. The Morgan fingerprint density at radius 2 is 1.19 bits per heavy atom. The van der Waals surface area contributed by atoms with Crippen molar-refractivity contribution in [3.8, 4) is 0 Å². The minimum absolute atomic E-state index is 0.278. The number of hydrogen-bond acceptors (Lipinski definition) is 4. The number of aliphatic hydroxyl groups is 2. The molecule has 2 aromatic heterocycles. The molecule has 0 aliphatic carbocycles. The number of aromatic nitrogens is 2. The average Bonchev–Trinajstić information content (AvgIpc) is 2.39. The van der Waals surface area contributed by atoms with Crippen LogP contribution in [-0.2, 0) is 0 Å². The van der Waals surface area contributed by atoms with E-state index in [9.17, 15) is 10.2 Å². The summed E-state index contributed by atoms with van der Waals surface area (Å²) in [6.45, 7) is 0. The van der Waals surface area contributed by atoms with Gasteiger partial charge in [0, 0.05) is 12.4 Å². The molecule has 0 aliphatic rings. The van der Waals surface area contributed by atoms with Gasteiger partial charge < -0.3 is 10.2 Å². The van der Waals surface area contributed by atoms with Crippen molar-refractivity contribution in [2.45, 2.75) is 0 Å². The number of hydrogen-bond donors (Lipinski definition) is 2. The van der Waals surface area contributed by atoms with Crippen LogP contribution in [0.5, 0.6) is 0 Å². The highest BCUT2D eigenvalue weighted by Crippen LogP contribution is 2.18. The molecule has 4 nitrogen and oxygen atoms in total. The zero-order valence-electron chi connectivity index (χ0n) is 8.41. The van der Waals surface area contributed by atoms with E-state index in [4.69, 9.17) is 0 Å². The molecule has 0 spiro atoms. The predicted octanol–water partition coefficient (Wildman–Crippen LogP) is 2.42. The van der Waals surface area contributed by atoms with Gasteiger partial charge in [-0.25, -0.2) is 0 Å². The smallest absolute Gasteiger partial charge is 0.186 e. The van der Waals surface area contributed by atoms with Crippen LogP contribution in [0.25, 0.3) is 11.5 Å². The second-order valence-electron chi connectivity index (χ2n) is 3.13. The average molecular weight is 214 g/mol. The van der Waals surface area contributed by atoms with E-state index in [1.165, 1.54) is 12.4 Å². The van der Waals surface area contributed by atoms with E-state index in [1.807, 2.05) is 0 Å². The van der Waals surface area contributed by atoms with Gasteiger partial charge in [-0.1, -0.05) is 12.1 Å². The summed E-state index contributed by atoms with van der Waals surface area (Å²) < 4.78 is 0. The SMILES string of the molecule is O/C(=C(\O)c1ccccn1)c1ccccn1. The monoisotopic (exact) mass is 214 g/mol. The van der Waals surface area contributed by atoms with Crippen molar-refractivity contribution >= 4 is 11.5 Å². The van der Waals surface area contributed by atoms with E-state index in [0.29, 0.717) is 11.4 Å². The first-order valence-electron chi connectivity index (χ1n) is 4.74.